The summed E-state index contributed by atoms with van der Waals surface area (Å²) in [6, 6.07) is 11.4. The molecular formula is C10H6BrN3. The third kappa shape index (κ3) is 1.54. The average molecular weight is 248 g/mol. The number of hydrogen-bond acceptors (Lipinski definition) is 2. The monoisotopic (exact) mass is 247 g/mol. The predicted molar refractivity (Wildman–Crippen MR) is 56.0 cm³/mol. The van der Waals surface area contributed by atoms with E-state index in [9.17, 15) is 0 Å². The van der Waals surface area contributed by atoms with Gasteiger partial charge in [0.1, 0.15) is 11.8 Å². The van der Waals surface area contributed by atoms with Gasteiger partial charge < -0.3 is 0 Å². The maximum Gasteiger partial charge on any atom is 0.144 e. The molecular weight excluding hydrogens is 242 g/mol. The molecule has 2 aromatic rings. The SMILES string of the molecule is N#Cc1ccnn1-c1ccc(Br)cc1. The van der Waals surface area contributed by atoms with Gasteiger partial charge in [-0.15, -0.1) is 0 Å². The Morgan fingerprint density at radius 3 is 2.57 bits per heavy atom. The molecule has 3 nitrogen and oxygen atoms in total. The first-order valence-electron chi connectivity index (χ1n) is 4.01. The van der Waals surface area contributed by atoms with Crippen LogP contribution in [-0.2, 0) is 0 Å². The highest BCUT2D eigenvalue weighted by molar-refractivity contribution is 9.10. The summed E-state index contributed by atoms with van der Waals surface area (Å²) in [5.41, 5.74) is 1.42. The number of rotatable bonds is 1. The van der Waals surface area contributed by atoms with Crippen LogP contribution < -0.4 is 0 Å². The zero-order chi connectivity index (χ0) is 9.97. The fourth-order valence-electron chi connectivity index (χ4n) is 1.18. The minimum Gasteiger partial charge on any atom is -0.223 e. The van der Waals surface area contributed by atoms with Gasteiger partial charge in [-0.25, -0.2) is 4.68 Å². The zero-order valence-electron chi connectivity index (χ0n) is 7.18. The highest BCUT2D eigenvalue weighted by Gasteiger charge is 2.02. The second-order valence-corrected chi connectivity index (χ2v) is 3.63. The Kier molecular flexibility index (Phi) is 2.33. The first kappa shape index (κ1) is 8.97. The summed E-state index contributed by atoms with van der Waals surface area (Å²) >= 11 is 3.35. The van der Waals surface area contributed by atoms with E-state index in [2.05, 4.69) is 27.1 Å². The van der Waals surface area contributed by atoms with Crippen LogP contribution in [0.2, 0.25) is 0 Å². The van der Waals surface area contributed by atoms with Crippen LogP contribution in [0.3, 0.4) is 0 Å². The molecule has 0 aliphatic heterocycles. The van der Waals surface area contributed by atoms with Crippen molar-refractivity contribution in [1.82, 2.24) is 9.78 Å². The highest BCUT2D eigenvalue weighted by Crippen LogP contribution is 2.14. The lowest BCUT2D eigenvalue weighted by atomic mass is 10.3. The summed E-state index contributed by atoms with van der Waals surface area (Å²) in [7, 11) is 0. The molecule has 2 rings (SSSR count). The molecule has 0 bridgehead atoms. The van der Waals surface area contributed by atoms with E-state index in [0.717, 1.165) is 10.2 Å². The van der Waals surface area contributed by atoms with Crippen molar-refractivity contribution in [2.24, 2.45) is 0 Å². The molecule has 0 radical (unpaired) electrons. The van der Waals surface area contributed by atoms with Crippen molar-refractivity contribution in [1.29, 1.82) is 5.26 Å². The van der Waals surface area contributed by atoms with E-state index in [-0.39, 0.29) is 0 Å². The molecule has 4 heteroatoms. The Balaban J connectivity index is 2.50. The fourth-order valence-corrected chi connectivity index (χ4v) is 1.44. The molecule has 68 valence electrons. The Morgan fingerprint density at radius 1 is 1.21 bits per heavy atom. The molecule has 0 atom stereocenters. The van der Waals surface area contributed by atoms with E-state index in [4.69, 9.17) is 5.26 Å². The van der Waals surface area contributed by atoms with E-state index in [1.807, 2.05) is 24.3 Å². The predicted octanol–water partition coefficient (Wildman–Crippen LogP) is 2.51. The van der Waals surface area contributed by atoms with Crippen LogP contribution in [0.5, 0.6) is 0 Å². The van der Waals surface area contributed by atoms with Gasteiger partial charge in [0, 0.05) is 4.47 Å². The van der Waals surface area contributed by atoms with Crippen LogP contribution in [0, 0.1) is 11.3 Å². The molecule has 0 saturated carbocycles. The number of nitrogens with zero attached hydrogens (tertiary/aromatic N) is 3. The van der Waals surface area contributed by atoms with Crippen molar-refractivity contribution < 1.29 is 0 Å². The second kappa shape index (κ2) is 3.64. The molecule has 1 aromatic heterocycles. The molecule has 0 N–H and O–H groups in total. The normalized spacial score (nSPS) is 9.71. The lowest BCUT2D eigenvalue weighted by Crippen LogP contribution is -1.98. The van der Waals surface area contributed by atoms with Crippen molar-refractivity contribution in [2.75, 3.05) is 0 Å². The molecule has 0 saturated heterocycles. The molecule has 0 spiro atoms. The van der Waals surface area contributed by atoms with Gasteiger partial charge in [0.05, 0.1) is 11.9 Å². The number of benzene rings is 1. The first-order chi connectivity index (χ1) is 6.81. The topological polar surface area (TPSA) is 41.6 Å². The Bertz CT molecular complexity index is 479. The van der Waals surface area contributed by atoms with Crippen LogP contribution in [0.25, 0.3) is 5.69 Å². The van der Waals surface area contributed by atoms with Gasteiger partial charge in [0.15, 0.2) is 0 Å². The van der Waals surface area contributed by atoms with Crippen molar-refractivity contribution in [3.05, 3.63) is 46.7 Å². The van der Waals surface area contributed by atoms with Gasteiger partial charge in [-0.1, -0.05) is 15.9 Å². The largest absolute Gasteiger partial charge is 0.223 e. The third-order valence-electron chi connectivity index (χ3n) is 1.83. The second-order valence-electron chi connectivity index (χ2n) is 2.72. The minimum absolute atomic E-state index is 0.535. The maximum absolute atomic E-state index is 8.80. The summed E-state index contributed by atoms with van der Waals surface area (Å²) < 4.78 is 2.61. The van der Waals surface area contributed by atoms with Crippen molar-refractivity contribution in [2.45, 2.75) is 0 Å². The Morgan fingerprint density at radius 2 is 1.93 bits per heavy atom. The summed E-state index contributed by atoms with van der Waals surface area (Å²) in [5, 5.41) is 12.9. The first-order valence-corrected chi connectivity index (χ1v) is 4.80. The molecule has 0 unspecified atom stereocenters. The molecule has 1 aromatic carbocycles. The molecule has 14 heavy (non-hydrogen) atoms. The Hall–Kier alpha value is -1.60. The van der Waals surface area contributed by atoms with Gasteiger partial charge in [-0.05, 0) is 30.3 Å². The molecule has 0 aliphatic carbocycles. The zero-order valence-corrected chi connectivity index (χ0v) is 8.77. The average Bonchev–Trinajstić information content (AvgIpc) is 2.67. The number of halogens is 1. The lowest BCUT2D eigenvalue weighted by molar-refractivity contribution is 0.866. The summed E-state index contributed by atoms with van der Waals surface area (Å²) in [4.78, 5) is 0. The van der Waals surface area contributed by atoms with Crippen LogP contribution in [0.4, 0.5) is 0 Å². The Labute approximate surface area is 89.7 Å². The summed E-state index contributed by atoms with van der Waals surface area (Å²) in [6.07, 6.45) is 1.61. The van der Waals surface area contributed by atoms with Crippen molar-refractivity contribution in [3.63, 3.8) is 0 Å². The number of aromatic nitrogens is 2. The molecule has 1 heterocycles. The van der Waals surface area contributed by atoms with Crippen molar-refractivity contribution in [3.8, 4) is 11.8 Å². The van der Waals surface area contributed by atoms with E-state index < -0.39 is 0 Å². The highest BCUT2D eigenvalue weighted by atomic mass is 79.9. The molecule has 0 amide bonds. The van der Waals surface area contributed by atoms with Crippen molar-refractivity contribution >= 4 is 15.9 Å². The van der Waals surface area contributed by atoms with Crippen LogP contribution in [0.15, 0.2) is 41.0 Å². The smallest absolute Gasteiger partial charge is 0.144 e. The minimum atomic E-state index is 0.535. The third-order valence-corrected chi connectivity index (χ3v) is 2.36. The molecule has 0 fully saturated rings. The van der Waals surface area contributed by atoms with Crippen LogP contribution in [-0.4, -0.2) is 9.78 Å². The van der Waals surface area contributed by atoms with Gasteiger partial charge >= 0.3 is 0 Å². The van der Waals surface area contributed by atoms with Gasteiger partial charge in [0.2, 0.25) is 0 Å². The standard InChI is InChI=1S/C10H6BrN3/c11-8-1-3-9(4-2-8)14-10(7-12)5-6-13-14/h1-6H. The summed E-state index contributed by atoms with van der Waals surface area (Å²) in [6.45, 7) is 0. The van der Waals surface area contributed by atoms with E-state index >= 15 is 0 Å². The van der Waals surface area contributed by atoms with E-state index in [0.29, 0.717) is 5.69 Å². The van der Waals surface area contributed by atoms with Gasteiger partial charge in [-0.3, -0.25) is 0 Å². The van der Waals surface area contributed by atoms with Gasteiger partial charge in [0.25, 0.3) is 0 Å². The van der Waals surface area contributed by atoms with Crippen LogP contribution >= 0.6 is 15.9 Å². The maximum atomic E-state index is 8.80. The number of nitriles is 1. The van der Waals surface area contributed by atoms with E-state index in [1.54, 1.807) is 16.9 Å². The fraction of sp³-hybridized carbons (Fsp3) is 0. The quantitative estimate of drug-likeness (QED) is 0.777. The molecule has 0 aliphatic rings. The van der Waals surface area contributed by atoms with E-state index in [1.165, 1.54) is 0 Å². The lowest BCUT2D eigenvalue weighted by Gasteiger charge is -2.01. The van der Waals surface area contributed by atoms with Crippen LogP contribution in [0.1, 0.15) is 5.69 Å². The summed E-state index contributed by atoms with van der Waals surface area (Å²) in [5.74, 6) is 0. The van der Waals surface area contributed by atoms with Gasteiger partial charge in [-0.2, -0.15) is 10.4 Å². The number of hydrogen-bond donors (Lipinski definition) is 0.